The van der Waals surface area contributed by atoms with Crippen LogP contribution < -0.4 is 5.32 Å². The van der Waals surface area contributed by atoms with Gasteiger partial charge in [0.15, 0.2) is 5.17 Å². The number of rotatable bonds is 3. The monoisotopic (exact) mass is 471 g/mol. The van der Waals surface area contributed by atoms with E-state index in [0.29, 0.717) is 20.8 Å². The average molecular weight is 472 g/mol. The van der Waals surface area contributed by atoms with Crippen molar-refractivity contribution in [3.8, 4) is 5.69 Å². The highest BCUT2D eigenvalue weighted by atomic mass is 35.5. The van der Waals surface area contributed by atoms with E-state index in [1.807, 2.05) is 25.1 Å². The fraction of sp³-hybridized carbons (Fsp3) is 0.111. The summed E-state index contributed by atoms with van der Waals surface area (Å²) in [5.41, 5.74) is 6.05. The molecule has 4 nitrogen and oxygen atoms in total. The lowest BCUT2D eigenvalue weighted by Crippen LogP contribution is -2.19. The molecule has 6 heteroatoms. The zero-order chi connectivity index (χ0) is 23.1. The normalized spacial score (nSPS) is 16.2. The highest BCUT2D eigenvalue weighted by Crippen LogP contribution is 2.32. The first-order chi connectivity index (χ1) is 15.9. The highest BCUT2D eigenvalue weighted by molar-refractivity contribution is 8.18. The van der Waals surface area contributed by atoms with Crippen molar-refractivity contribution in [2.24, 2.45) is 4.99 Å². The van der Waals surface area contributed by atoms with E-state index in [1.54, 1.807) is 6.07 Å². The number of hydrogen-bond acceptors (Lipinski definition) is 3. The van der Waals surface area contributed by atoms with Crippen LogP contribution in [0.5, 0.6) is 0 Å². The molecule has 1 N–H and O–H groups in total. The van der Waals surface area contributed by atoms with Crippen molar-refractivity contribution in [3.63, 3.8) is 0 Å². The smallest absolute Gasteiger partial charge is 0.264 e. The van der Waals surface area contributed by atoms with Crippen LogP contribution in [-0.2, 0) is 4.79 Å². The number of benzene rings is 3. The lowest BCUT2D eigenvalue weighted by Gasteiger charge is -2.13. The number of amides is 1. The van der Waals surface area contributed by atoms with E-state index in [0.717, 1.165) is 28.2 Å². The highest BCUT2D eigenvalue weighted by Gasteiger charge is 2.25. The Morgan fingerprint density at radius 2 is 1.79 bits per heavy atom. The number of carbonyl (C=O) groups excluding carboxylic acids is 1. The summed E-state index contributed by atoms with van der Waals surface area (Å²) in [7, 11) is 0. The van der Waals surface area contributed by atoms with Crippen molar-refractivity contribution in [1.82, 2.24) is 9.88 Å². The topological polar surface area (TPSA) is 46.4 Å². The second kappa shape index (κ2) is 8.58. The van der Waals surface area contributed by atoms with Crippen LogP contribution in [0.3, 0.4) is 0 Å². The van der Waals surface area contributed by atoms with Gasteiger partial charge in [-0.3, -0.25) is 4.79 Å². The maximum absolute atomic E-state index is 12.6. The van der Waals surface area contributed by atoms with Gasteiger partial charge in [-0.05, 0) is 79.4 Å². The van der Waals surface area contributed by atoms with E-state index in [-0.39, 0.29) is 5.91 Å². The summed E-state index contributed by atoms with van der Waals surface area (Å²) in [5, 5.41) is 6.46. The minimum Gasteiger partial charge on any atom is -0.317 e. The molecule has 0 bridgehead atoms. The van der Waals surface area contributed by atoms with Gasteiger partial charge in [0.05, 0.1) is 16.3 Å². The van der Waals surface area contributed by atoms with Gasteiger partial charge in [0.25, 0.3) is 5.91 Å². The molecule has 4 aromatic rings. The Balaban J connectivity index is 1.50. The third-order valence-corrected chi connectivity index (χ3v) is 7.12. The largest absolute Gasteiger partial charge is 0.317 e. The molecule has 33 heavy (non-hydrogen) atoms. The van der Waals surface area contributed by atoms with Gasteiger partial charge in [-0.25, -0.2) is 4.99 Å². The predicted octanol–water partition coefficient (Wildman–Crippen LogP) is 7.10. The van der Waals surface area contributed by atoms with Gasteiger partial charge in [0, 0.05) is 21.8 Å². The number of fused-ring (bicyclic) bond motifs is 1. The molecule has 1 fully saturated rings. The first kappa shape index (κ1) is 21.6. The molecule has 1 amide bonds. The first-order valence-corrected chi connectivity index (χ1v) is 11.8. The van der Waals surface area contributed by atoms with Crippen LogP contribution in [0.1, 0.15) is 22.5 Å². The fourth-order valence-electron chi connectivity index (χ4n) is 4.10. The van der Waals surface area contributed by atoms with Gasteiger partial charge >= 0.3 is 0 Å². The van der Waals surface area contributed by atoms with Crippen molar-refractivity contribution in [3.05, 3.63) is 99.2 Å². The number of hydrogen-bond donors (Lipinski definition) is 1. The standard InChI is InChI=1S/C27H22ClN3OS/c1-16-11-12-21(15-23(16)28)29-27-30-26(32)25(33-27)14-20-13-17(2)31(18(20)3)24-10-6-8-19-7-4-5-9-22(19)24/h4-15H,1-3H3,(H,29,30,32)/b25-14-. The van der Waals surface area contributed by atoms with Gasteiger partial charge in [-0.2, -0.15) is 0 Å². The second-order valence-electron chi connectivity index (χ2n) is 8.08. The molecule has 0 aliphatic carbocycles. The fourth-order valence-corrected chi connectivity index (χ4v) is 5.11. The summed E-state index contributed by atoms with van der Waals surface area (Å²) in [6.07, 6.45) is 1.94. The Morgan fingerprint density at radius 3 is 2.61 bits per heavy atom. The number of carbonyl (C=O) groups is 1. The van der Waals surface area contributed by atoms with Crippen LogP contribution >= 0.6 is 23.4 Å². The van der Waals surface area contributed by atoms with Crippen molar-refractivity contribution in [1.29, 1.82) is 0 Å². The van der Waals surface area contributed by atoms with E-state index in [4.69, 9.17) is 11.6 Å². The van der Waals surface area contributed by atoms with E-state index in [1.165, 1.54) is 22.5 Å². The first-order valence-electron chi connectivity index (χ1n) is 10.6. The van der Waals surface area contributed by atoms with Crippen LogP contribution in [0, 0.1) is 20.8 Å². The van der Waals surface area contributed by atoms with Gasteiger partial charge in [0.1, 0.15) is 0 Å². The molecule has 2 heterocycles. The number of aliphatic imine (C=N–C) groups is 1. The Labute approximate surface area is 202 Å². The molecule has 0 radical (unpaired) electrons. The Kier molecular flexibility index (Phi) is 5.60. The van der Waals surface area contributed by atoms with Crippen LogP contribution in [0.25, 0.3) is 22.5 Å². The summed E-state index contributed by atoms with van der Waals surface area (Å²) < 4.78 is 2.25. The maximum Gasteiger partial charge on any atom is 0.264 e. The molecule has 0 unspecified atom stereocenters. The summed E-state index contributed by atoms with van der Waals surface area (Å²) in [6.45, 7) is 6.12. The summed E-state index contributed by atoms with van der Waals surface area (Å²) >= 11 is 7.55. The summed E-state index contributed by atoms with van der Waals surface area (Å²) in [6, 6.07) is 22.4. The number of thioether (sulfide) groups is 1. The van der Waals surface area contributed by atoms with Crippen LogP contribution in [-0.4, -0.2) is 15.6 Å². The molecule has 164 valence electrons. The van der Waals surface area contributed by atoms with Crippen LogP contribution in [0.4, 0.5) is 5.69 Å². The SMILES string of the molecule is Cc1ccc(N=C2NC(=O)/C(=C/c3cc(C)n(-c4cccc5ccccc45)c3C)S2)cc1Cl. The molecular weight excluding hydrogens is 450 g/mol. The number of aryl methyl sites for hydroxylation is 2. The van der Waals surface area contributed by atoms with Crippen molar-refractivity contribution < 1.29 is 4.79 Å². The molecule has 0 spiro atoms. The molecule has 3 aromatic carbocycles. The molecule has 5 rings (SSSR count). The zero-order valence-electron chi connectivity index (χ0n) is 18.5. The third-order valence-electron chi connectivity index (χ3n) is 5.80. The number of nitrogens with one attached hydrogen (secondary N) is 1. The van der Waals surface area contributed by atoms with E-state index in [9.17, 15) is 4.79 Å². The summed E-state index contributed by atoms with van der Waals surface area (Å²) in [4.78, 5) is 17.8. The van der Waals surface area contributed by atoms with Crippen LogP contribution in [0.2, 0.25) is 5.02 Å². The molecule has 1 aromatic heterocycles. The average Bonchev–Trinajstić information content (AvgIpc) is 3.28. The number of amidine groups is 1. The molecule has 0 saturated carbocycles. The quantitative estimate of drug-likeness (QED) is 0.324. The van der Waals surface area contributed by atoms with E-state index in [2.05, 4.69) is 77.3 Å². The van der Waals surface area contributed by atoms with Crippen LogP contribution in [0.15, 0.2) is 76.6 Å². The van der Waals surface area contributed by atoms with Gasteiger partial charge in [-0.15, -0.1) is 0 Å². The zero-order valence-corrected chi connectivity index (χ0v) is 20.1. The molecule has 1 aliphatic heterocycles. The van der Waals surface area contributed by atoms with E-state index >= 15 is 0 Å². The second-order valence-corrected chi connectivity index (χ2v) is 9.51. The molecule has 1 aliphatic rings. The van der Waals surface area contributed by atoms with E-state index < -0.39 is 0 Å². The maximum atomic E-state index is 12.6. The number of aromatic nitrogens is 1. The van der Waals surface area contributed by atoms with Gasteiger partial charge < -0.3 is 9.88 Å². The minimum atomic E-state index is -0.146. The van der Waals surface area contributed by atoms with Gasteiger partial charge in [0.2, 0.25) is 0 Å². The number of halogens is 1. The molecule has 1 saturated heterocycles. The minimum absolute atomic E-state index is 0.146. The predicted molar refractivity (Wildman–Crippen MR) is 140 cm³/mol. The molecule has 0 atom stereocenters. The Morgan fingerprint density at radius 1 is 1.00 bits per heavy atom. The number of nitrogens with zero attached hydrogens (tertiary/aromatic N) is 2. The molecular formula is C27H22ClN3OS. The lowest BCUT2D eigenvalue weighted by molar-refractivity contribution is -0.115. The van der Waals surface area contributed by atoms with Crippen molar-refractivity contribution in [2.45, 2.75) is 20.8 Å². The van der Waals surface area contributed by atoms with Gasteiger partial charge in [-0.1, -0.05) is 54.1 Å². The van der Waals surface area contributed by atoms with Crippen molar-refractivity contribution >= 4 is 57.0 Å². The third kappa shape index (κ3) is 4.10. The lowest BCUT2D eigenvalue weighted by atomic mass is 10.1. The Bertz CT molecular complexity index is 1480. The summed E-state index contributed by atoms with van der Waals surface area (Å²) in [5.74, 6) is -0.146. The van der Waals surface area contributed by atoms with Crippen molar-refractivity contribution in [2.75, 3.05) is 0 Å². The Hall–Kier alpha value is -3.28.